The molecule has 1 unspecified atom stereocenters. The van der Waals surface area contributed by atoms with E-state index in [0.717, 1.165) is 45.6 Å². The van der Waals surface area contributed by atoms with E-state index in [2.05, 4.69) is 11.1 Å². The van der Waals surface area contributed by atoms with Crippen molar-refractivity contribution in [3.05, 3.63) is 116 Å². The molecular formula is C32H28Cl2F3N3OS. The average Bonchev–Trinajstić information content (AvgIpc) is 3.64. The number of nitrogens with zero attached hydrogens (tertiary/aromatic N) is 1. The van der Waals surface area contributed by atoms with Crippen LogP contribution in [-0.2, 0) is 29.8 Å². The molecule has 1 aromatic heterocycles. The van der Waals surface area contributed by atoms with Crippen molar-refractivity contribution in [1.82, 2.24) is 4.98 Å². The van der Waals surface area contributed by atoms with E-state index in [-0.39, 0.29) is 10.0 Å². The van der Waals surface area contributed by atoms with E-state index in [1.165, 1.54) is 0 Å². The maximum Gasteiger partial charge on any atom is 0.416 e. The van der Waals surface area contributed by atoms with Crippen molar-refractivity contribution in [3.63, 3.8) is 0 Å². The van der Waals surface area contributed by atoms with Crippen LogP contribution in [0.1, 0.15) is 29.2 Å². The van der Waals surface area contributed by atoms with Gasteiger partial charge in [-0.3, -0.25) is 4.21 Å². The van der Waals surface area contributed by atoms with Crippen molar-refractivity contribution < 1.29 is 17.4 Å². The van der Waals surface area contributed by atoms with Crippen molar-refractivity contribution in [3.8, 4) is 22.3 Å². The first kappa shape index (κ1) is 30.0. The van der Waals surface area contributed by atoms with E-state index < -0.39 is 22.5 Å². The molecule has 2 aliphatic rings. The Bertz CT molecular complexity index is 1690. The third-order valence-corrected chi connectivity index (χ3v) is 8.89. The first-order valence-electron chi connectivity index (χ1n) is 13.2. The van der Waals surface area contributed by atoms with E-state index in [9.17, 15) is 17.4 Å². The van der Waals surface area contributed by atoms with Crippen LogP contribution in [0.3, 0.4) is 0 Å². The molecule has 3 aromatic carbocycles. The third kappa shape index (κ3) is 5.76. The number of aromatic nitrogens is 1. The molecule has 0 spiro atoms. The minimum absolute atomic E-state index is 0.0765. The van der Waals surface area contributed by atoms with Gasteiger partial charge >= 0.3 is 6.18 Å². The summed E-state index contributed by atoms with van der Waals surface area (Å²) in [4.78, 5) is 5.57. The standard InChI is InChI=1S/C28H23Cl2F3N2OS.C4H5N/c1-3-15-11-19-20(12-16-5-4-6-23(34)24(16)19)25(27(15)35-9-7-18(8-10-35)37(2)36)26-21(29)13-17(14-22(26)30)28(31,32)33;1-2-4-5-3-1/h4-9,11,13-14H,3,10,12,34H2,1-2H3;1-5H. The minimum atomic E-state index is -4.58. The van der Waals surface area contributed by atoms with Crippen LogP contribution >= 0.6 is 23.2 Å². The molecule has 3 N–H and O–H groups in total. The largest absolute Gasteiger partial charge is 0.416 e. The number of allylic oxidation sites excluding steroid dienone is 1. The number of nitrogen functional groups attached to an aromatic ring is 1. The van der Waals surface area contributed by atoms with Crippen LogP contribution in [0.25, 0.3) is 22.3 Å². The maximum atomic E-state index is 13.5. The number of halogens is 5. The van der Waals surface area contributed by atoms with E-state index in [0.29, 0.717) is 41.1 Å². The molecule has 2 heterocycles. The van der Waals surface area contributed by atoms with Gasteiger partial charge in [0.15, 0.2) is 0 Å². The quantitative estimate of drug-likeness (QED) is 0.195. The van der Waals surface area contributed by atoms with Crippen LogP contribution in [-0.4, -0.2) is 22.0 Å². The molecule has 0 amide bonds. The molecule has 0 saturated carbocycles. The number of aromatic amines is 1. The summed E-state index contributed by atoms with van der Waals surface area (Å²) in [6.07, 6.45) is 7.49. The number of fused-ring (bicyclic) bond motifs is 3. The highest BCUT2D eigenvalue weighted by molar-refractivity contribution is 7.88. The Balaban J connectivity index is 0.000000639. The molecular weight excluding hydrogens is 602 g/mol. The van der Waals surface area contributed by atoms with Gasteiger partial charge in [0.2, 0.25) is 0 Å². The van der Waals surface area contributed by atoms with Gasteiger partial charge in [-0.2, -0.15) is 13.2 Å². The van der Waals surface area contributed by atoms with Gasteiger partial charge in [-0.15, -0.1) is 0 Å². The van der Waals surface area contributed by atoms with Gasteiger partial charge in [-0.05, 0) is 83.6 Å². The lowest BCUT2D eigenvalue weighted by Crippen LogP contribution is -2.22. The molecule has 10 heteroatoms. The van der Waals surface area contributed by atoms with E-state index >= 15 is 0 Å². The zero-order chi connectivity index (χ0) is 30.2. The molecule has 1 aliphatic heterocycles. The van der Waals surface area contributed by atoms with E-state index in [1.807, 2.05) is 66.8 Å². The van der Waals surface area contributed by atoms with Crippen molar-refractivity contribution in [2.45, 2.75) is 25.9 Å². The molecule has 42 heavy (non-hydrogen) atoms. The van der Waals surface area contributed by atoms with E-state index in [4.69, 9.17) is 28.9 Å². The van der Waals surface area contributed by atoms with Crippen molar-refractivity contribution in [2.24, 2.45) is 0 Å². The van der Waals surface area contributed by atoms with E-state index in [1.54, 1.807) is 12.3 Å². The number of rotatable bonds is 4. The van der Waals surface area contributed by atoms with Crippen molar-refractivity contribution in [2.75, 3.05) is 23.4 Å². The fourth-order valence-electron chi connectivity index (χ4n) is 5.44. The van der Waals surface area contributed by atoms with Crippen LogP contribution in [0.4, 0.5) is 24.5 Å². The topological polar surface area (TPSA) is 62.1 Å². The Labute approximate surface area is 255 Å². The van der Waals surface area contributed by atoms with Crippen molar-refractivity contribution in [1.29, 1.82) is 0 Å². The predicted molar refractivity (Wildman–Crippen MR) is 168 cm³/mol. The highest BCUT2D eigenvalue weighted by Gasteiger charge is 2.35. The summed E-state index contributed by atoms with van der Waals surface area (Å²) in [5.41, 5.74) is 12.7. The third-order valence-electron chi connectivity index (χ3n) is 7.33. The summed E-state index contributed by atoms with van der Waals surface area (Å²) in [7, 11) is -1.13. The first-order chi connectivity index (χ1) is 20.0. The fourth-order valence-corrected chi connectivity index (χ4v) is 6.68. The van der Waals surface area contributed by atoms with Gasteiger partial charge in [0.25, 0.3) is 0 Å². The molecule has 4 nitrogen and oxygen atoms in total. The lowest BCUT2D eigenvalue weighted by Gasteiger charge is -2.30. The van der Waals surface area contributed by atoms with Gasteiger partial charge in [0, 0.05) is 69.5 Å². The number of benzene rings is 3. The molecule has 0 fully saturated rings. The highest BCUT2D eigenvalue weighted by atomic mass is 35.5. The average molecular weight is 631 g/mol. The molecule has 1 atom stereocenters. The smallest absolute Gasteiger partial charge is 0.398 e. The van der Waals surface area contributed by atoms with Gasteiger partial charge in [0.05, 0.1) is 21.3 Å². The number of alkyl halides is 3. The van der Waals surface area contributed by atoms with Gasteiger partial charge in [-0.25, -0.2) is 0 Å². The lowest BCUT2D eigenvalue weighted by molar-refractivity contribution is -0.137. The Hall–Kier alpha value is -3.46. The van der Waals surface area contributed by atoms with Crippen molar-refractivity contribution >= 4 is 45.4 Å². The second kappa shape index (κ2) is 12.0. The number of nitrogens with one attached hydrogen (secondary N) is 1. The lowest BCUT2D eigenvalue weighted by atomic mass is 9.88. The molecule has 4 aromatic rings. The summed E-state index contributed by atoms with van der Waals surface area (Å²) < 4.78 is 52.6. The second-order valence-electron chi connectivity index (χ2n) is 9.92. The summed E-state index contributed by atoms with van der Waals surface area (Å²) in [5, 5.41) is -0.153. The zero-order valence-corrected chi connectivity index (χ0v) is 25.2. The Morgan fingerprint density at radius 1 is 1.02 bits per heavy atom. The van der Waals surface area contributed by atoms with Crippen LogP contribution in [0.5, 0.6) is 0 Å². The summed E-state index contributed by atoms with van der Waals surface area (Å²) in [5.74, 6) is 0. The van der Waals surface area contributed by atoms with Crippen LogP contribution < -0.4 is 10.6 Å². The van der Waals surface area contributed by atoms with Crippen LogP contribution in [0.2, 0.25) is 10.0 Å². The summed E-state index contributed by atoms with van der Waals surface area (Å²) in [6.45, 7) is 2.46. The van der Waals surface area contributed by atoms with Gasteiger partial charge in [0.1, 0.15) is 0 Å². The summed E-state index contributed by atoms with van der Waals surface area (Å²) in [6, 6.07) is 13.6. The number of hydrogen-bond donors (Lipinski definition) is 2. The number of anilines is 2. The number of H-pyrrole nitrogens is 1. The molecule has 0 saturated heterocycles. The second-order valence-corrected chi connectivity index (χ2v) is 12.1. The monoisotopic (exact) mass is 629 g/mol. The van der Waals surface area contributed by atoms with Crippen LogP contribution in [0, 0.1) is 0 Å². The fraction of sp³-hybridized carbons (Fsp3) is 0.188. The Morgan fingerprint density at radius 3 is 2.24 bits per heavy atom. The molecule has 1 aliphatic carbocycles. The number of hydrogen-bond acceptors (Lipinski definition) is 3. The molecule has 6 rings (SSSR count). The van der Waals surface area contributed by atoms with Gasteiger partial charge in [-0.1, -0.05) is 42.3 Å². The Kier molecular flexibility index (Phi) is 8.60. The number of aryl methyl sites for hydroxylation is 1. The molecule has 0 bridgehead atoms. The molecule has 0 radical (unpaired) electrons. The number of nitrogens with two attached hydrogens (primary N) is 1. The van der Waals surface area contributed by atoms with Crippen LogP contribution in [0.15, 0.2) is 84.2 Å². The molecule has 218 valence electrons. The zero-order valence-electron chi connectivity index (χ0n) is 22.9. The normalized spacial score (nSPS) is 14.5. The summed E-state index contributed by atoms with van der Waals surface area (Å²) >= 11 is 13.2. The maximum absolute atomic E-state index is 13.5. The van der Waals surface area contributed by atoms with Gasteiger partial charge < -0.3 is 15.6 Å². The SMILES string of the molecule is CCc1cc2c(c(-c3c(Cl)cc(C(F)(F)F)cc3Cl)c1N1C=CC(S(C)=O)=CC1)Cc1cccc(N)c1-2.c1cc[nH]c1. The first-order valence-corrected chi connectivity index (χ1v) is 15.5. The minimum Gasteiger partial charge on any atom is -0.398 e. The highest BCUT2D eigenvalue weighted by Crippen LogP contribution is 2.53. The Morgan fingerprint density at radius 2 is 1.71 bits per heavy atom. The predicted octanol–water partition coefficient (Wildman–Crippen LogP) is 9.01.